The topological polar surface area (TPSA) is 26.3 Å². The number of hydrogen-bond donors (Lipinski definition) is 0. The monoisotopic (exact) mass is 232 g/mol. The lowest BCUT2D eigenvalue weighted by molar-refractivity contribution is -0.119. The van der Waals surface area contributed by atoms with Crippen LogP contribution in [0.4, 0.5) is 0 Å². The Balaban J connectivity index is 1.89. The number of ketones is 1. The second-order valence-corrected chi connectivity index (χ2v) is 5.18. The molecule has 0 aromatic heterocycles. The minimum absolute atomic E-state index is 0.372. The van der Waals surface area contributed by atoms with Crippen LogP contribution in [0.15, 0.2) is 18.2 Å². The molecular formula is C15H20O2. The maximum absolute atomic E-state index is 11.6. The molecule has 0 radical (unpaired) electrons. The van der Waals surface area contributed by atoms with E-state index in [4.69, 9.17) is 4.74 Å². The van der Waals surface area contributed by atoms with Crippen LogP contribution in [0.1, 0.15) is 37.8 Å². The molecule has 0 unspecified atom stereocenters. The lowest BCUT2D eigenvalue weighted by Gasteiger charge is -2.05. The smallest absolute Gasteiger partial charge is 0.133 e. The third kappa shape index (κ3) is 3.32. The van der Waals surface area contributed by atoms with E-state index in [2.05, 4.69) is 26.0 Å². The summed E-state index contributed by atoms with van der Waals surface area (Å²) in [5, 5.41) is 0. The largest absolute Gasteiger partial charge is 0.493 e. The molecule has 17 heavy (non-hydrogen) atoms. The predicted molar refractivity (Wildman–Crippen MR) is 68.4 cm³/mol. The van der Waals surface area contributed by atoms with E-state index in [1.807, 2.05) is 6.07 Å². The molecule has 0 spiro atoms. The average Bonchev–Trinajstić information content (AvgIpc) is 2.72. The normalized spacial score (nSPS) is 13.6. The van der Waals surface area contributed by atoms with Gasteiger partial charge in [0.2, 0.25) is 0 Å². The highest BCUT2D eigenvalue weighted by Crippen LogP contribution is 2.26. The minimum atomic E-state index is 0.372. The molecule has 0 aliphatic carbocycles. The number of benzene rings is 1. The molecule has 0 atom stereocenters. The van der Waals surface area contributed by atoms with E-state index >= 15 is 0 Å². The maximum Gasteiger partial charge on any atom is 0.133 e. The van der Waals surface area contributed by atoms with Crippen molar-refractivity contribution >= 4 is 5.78 Å². The zero-order chi connectivity index (χ0) is 12.3. The molecule has 0 saturated carbocycles. The van der Waals surface area contributed by atoms with Crippen molar-refractivity contribution in [3.63, 3.8) is 0 Å². The summed E-state index contributed by atoms with van der Waals surface area (Å²) in [4.78, 5) is 11.6. The summed E-state index contributed by atoms with van der Waals surface area (Å²) in [6.07, 6.45) is 3.23. The Labute approximate surface area is 103 Å². The first-order chi connectivity index (χ1) is 8.15. The molecule has 1 aliphatic rings. The SMILES string of the molecule is CC(C)CC(=O)CCc1ccc2c(c1)CCO2. The Bertz CT molecular complexity index is 407. The third-order valence-corrected chi connectivity index (χ3v) is 3.08. The second-order valence-electron chi connectivity index (χ2n) is 5.18. The first kappa shape index (κ1) is 12.2. The number of carbonyl (C=O) groups is 1. The van der Waals surface area contributed by atoms with E-state index in [0.717, 1.165) is 25.2 Å². The second kappa shape index (κ2) is 5.35. The summed E-state index contributed by atoms with van der Waals surface area (Å²) >= 11 is 0. The van der Waals surface area contributed by atoms with E-state index in [1.54, 1.807) is 0 Å². The van der Waals surface area contributed by atoms with E-state index in [0.29, 0.717) is 24.5 Å². The number of aryl methyl sites for hydroxylation is 1. The molecule has 0 N–H and O–H groups in total. The number of ether oxygens (including phenoxy) is 1. The minimum Gasteiger partial charge on any atom is -0.493 e. The molecule has 0 bridgehead atoms. The van der Waals surface area contributed by atoms with Crippen LogP contribution in [0.5, 0.6) is 5.75 Å². The van der Waals surface area contributed by atoms with Gasteiger partial charge in [0.25, 0.3) is 0 Å². The predicted octanol–water partition coefficient (Wildman–Crippen LogP) is 3.17. The Morgan fingerprint density at radius 3 is 3.00 bits per heavy atom. The van der Waals surface area contributed by atoms with Crippen LogP contribution in [-0.2, 0) is 17.6 Å². The van der Waals surface area contributed by atoms with Crippen LogP contribution in [0.2, 0.25) is 0 Å². The van der Waals surface area contributed by atoms with Gasteiger partial charge >= 0.3 is 0 Å². The van der Waals surface area contributed by atoms with Gasteiger partial charge in [-0.05, 0) is 29.5 Å². The number of Topliss-reactive ketones (excluding diaryl/α,β-unsaturated/α-hetero) is 1. The standard InChI is InChI=1S/C15H20O2/c1-11(2)9-14(16)5-3-12-4-6-15-13(10-12)7-8-17-15/h4,6,10-11H,3,5,7-9H2,1-2H3. The lowest BCUT2D eigenvalue weighted by atomic mass is 10.00. The number of hydrogen-bond acceptors (Lipinski definition) is 2. The highest BCUT2D eigenvalue weighted by Gasteiger charge is 2.12. The first-order valence-electron chi connectivity index (χ1n) is 6.41. The molecule has 2 heteroatoms. The Kier molecular flexibility index (Phi) is 3.82. The van der Waals surface area contributed by atoms with Crippen molar-refractivity contribution in [2.45, 2.75) is 39.5 Å². The fourth-order valence-corrected chi connectivity index (χ4v) is 2.24. The highest BCUT2D eigenvalue weighted by atomic mass is 16.5. The molecular weight excluding hydrogens is 212 g/mol. The third-order valence-electron chi connectivity index (χ3n) is 3.08. The number of carbonyl (C=O) groups excluding carboxylic acids is 1. The van der Waals surface area contributed by atoms with Crippen molar-refractivity contribution in [2.75, 3.05) is 6.61 Å². The molecule has 92 valence electrons. The van der Waals surface area contributed by atoms with Crippen molar-refractivity contribution in [3.8, 4) is 5.75 Å². The molecule has 0 fully saturated rings. The summed E-state index contributed by atoms with van der Waals surface area (Å²) in [7, 11) is 0. The summed E-state index contributed by atoms with van der Waals surface area (Å²) in [5.74, 6) is 1.86. The maximum atomic E-state index is 11.6. The Morgan fingerprint density at radius 2 is 2.24 bits per heavy atom. The fourth-order valence-electron chi connectivity index (χ4n) is 2.24. The van der Waals surface area contributed by atoms with Crippen molar-refractivity contribution in [1.29, 1.82) is 0 Å². The molecule has 0 saturated heterocycles. The van der Waals surface area contributed by atoms with Crippen LogP contribution >= 0.6 is 0 Å². The van der Waals surface area contributed by atoms with Gasteiger partial charge in [-0.2, -0.15) is 0 Å². The van der Waals surface area contributed by atoms with Crippen LogP contribution in [0.3, 0.4) is 0 Å². The molecule has 1 aromatic rings. The molecule has 1 heterocycles. The summed E-state index contributed by atoms with van der Waals surface area (Å²) in [5.41, 5.74) is 2.55. The zero-order valence-electron chi connectivity index (χ0n) is 10.7. The average molecular weight is 232 g/mol. The van der Waals surface area contributed by atoms with Crippen molar-refractivity contribution in [1.82, 2.24) is 0 Å². The molecule has 1 aromatic carbocycles. The van der Waals surface area contributed by atoms with Crippen molar-refractivity contribution in [3.05, 3.63) is 29.3 Å². The van der Waals surface area contributed by atoms with E-state index in [-0.39, 0.29) is 0 Å². The van der Waals surface area contributed by atoms with Gasteiger partial charge in [-0.1, -0.05) is 26.0 Å². The van der Waals surface area contributed by atoms with Crippen LogP contribution < -0.4 is 4.74 Å². The van der Waals surface area contributed by atoms with Crippen molar-refractivity contribution in [2.24, 2.45) is 5.92 Å². The lowest BCUT2D eigenvalue weighted by Crippen LogP contribution is -2.04. The number of fused-ring (bicyclic) bond motifs is 1. The Hall–Kier alpha value is -1.31. The zero-order valence-corrected chi connectivity index (χ0v) is 10.7. The van der Waals surface area contributed by atoms with Gasteiger partial charge < -0.3 is 4.74 Å². The summed E-state index contributed by atoms with van der Waals surface area (Å²) < 4.78 is 5.46. The van der Waals surface area contributed by atoms with Gasteiger partial charge in [0.15, 0.2) is 0 Å². The van der Waals surface area contributed by atoms with Crippen molar-refractivity contribution < 1.29 is 9.53 Å². The van der Waals surface area contributed by atoms with Crippen LogP contribution in [0.25, 0.3) is 0 Å². The summed E-state index contributed by atoms with van der Waals surface area (Å²) in [6, 6.07) is 6.29. The summed E-state index contributed by atoms with van der Waals surface area (Å²) in [6.45, 7) is 4.97. The van der Waals surface area contributed by atoms with Gasteiger partial charge in [0.05, 0.1) is 6.61 Å². The fraction of sp³-hybridized carbons (Fsp3) is 0.533. The van der Waals surface area contributed by atoms with Gasteiger partial charge in [-0.25, -0.2) is 0 Å². The van der Waals surface area contributed by atoms with Crippen LogP contribution in [0, 0.1) is 5.92 Å². The molecule has 2 rings (SSSR count). The van der Waals surface area contributed by atoms with Gasteiger partial charge in [0.1, 0.15) is 11.5 Å². The molecule has 2 nitrogen and oxygen atoms in total. The van der Waals surface area contributed by atoms with Gasteiger partial charge in [0, 0.05) is 19.3 Å². The van der Waals surface area contributed by atoms with E-state index in [1.165, 1.54) is 11.1 Å². The quantitative estimate of drug-likeness (QED) is 0.779. The van der Waals surface area contributed by atoms with E-state index < -0.39 is 0 Å². The van der Waals surface area contributed by atoms with E-state index in [9.17, 15) is 4.79 Å². The Morgan fingerprint density at radius 1 is 1.41 bits per heavy atom. The first-order valence-corrected chi connectivity index (χ1v) is 6.41. The van der Waals surface area contributed by atoms with Gasteiger partial charge in [-0.15, -0.1) is 0 Å². The van der Waals surface area contributed by atoms with Gasteiger partial charge in [-0.3, -0.25) is 4.79 Å². The molecule has 1 aliphatic heterocycles. The van der Waals surface area contributed by atoms with Crippen LogP contribution in [-0.4, -0.2) is 12.4 Å². The highest BCUT2D eigenvalue weighted by molar-refractivity contribution is 5.78. The number of rotatable bonds is 5. The molecule has 0 amide bonds.